The average molecular weight is 383 g/mol. The number of nitrogens with zero attached hydrogens (tertiary/aromatic N) is 4. The van der Waals surface area contributed by atoms with Crippen molar-refractivity contribution in [1.82, 2.24) is 20.0 Å². The first-order chi connectivity index (χ1) is 12.9. The molecule has 2 fully saturated rings. The number of piperazine rings is 1. The number of nitrogens with one attached hydrogen (secondary N) is 1. The third-order valence-corrected chi connectivity index (χ3v) is 5.60. The number of likely N-dealkylation sites (tertiary alicyclic amines) is 1. The molecule has 1 atom stereocenters. The molecule has 0 saturated carbocycles. The van der Waals surface area contributed by atoms with Crippen molar-refractivity contribution in [2.75, 3.05) is 59.5 Å². The van der Waals surface area contributed by atoms with Crippen LogP contribution in [0.5, 0.6) is 0 Å². The predicted molar refractivity (Wildman–Crippen MR) is 109 cm³/mol. The first kappa shape index (κ1) is 21.8. The lowest BCUT2D eigenvalue weighted by Gasteiger charge is -2.39. The number of carbonyl (C=O) groups is 1. The highest BCUT2D eigenvalue weighted by Crippen LogP contribution is 2.14. The molecule has 1 unspecified atom stereocenters. The molecule has 2 aliphatic rings. The van der Waals surface area contributed by atoms with Crippen LogP contribution in [-0.4, -0.2) is 98.3 Å². The number of ether oxygens (including phenoxy) is 1. The van der Waals surface area contributed by atoms with Crippen molar-refractivity contribution in [3.05, 3.63) is 0 Å². The van der Waals surface area contributed by atoms with E-state index in [1.807, 2.05) is 6.92 Å². The van der Waals surface area contributed by atoms with Gasteiger partial charge in [-0.3, -0.25) is 9.89 Å². The summed E-state index contributed by atoms with van der Waals surface area (Å²) in [6.07, 6.45) is 1.51. The van der Waals surface area contributed by atoms with Gasteiger partial charge in [-0.1, -0.05) is 13.8 Å². The molecule has 8 heteroatoms. The molecule has 8 nitrogen and oxygen atoms in total. The van der Waals surface area contributed by atoms with Gasteiger partial charge in [0.2, 0.25) is 0 Å². The van der Waals surface area contributed by atoms with E-state index in [2.05, 4.69) is 41.0 Å². The second-order valence-corrected chi connectivity index (χ2v) is 7.98. The largest absolute Gasteiger partial charge is 0.450 e. The number of guanidine groups is 1. The highest BCUT2D eigenvalue weighted by atomic mass is 16.6. The van der Waals surface area contributed by atoms with E-state index in [1.54, 1.807) is 4.90 Å². The number of carbonyl (C=O) groups excluding carboxylic acids is 1. The van der Waals surface area contributed by atoms with Crippen LogP contribution in [0.4, 0.5) is 4.79 Å². The number of aliphatic imine (C=N–C) groups is 1. The second kappa shape index (κ2) is 10.7. The number of rotatable bonds is 6. The normalized spacial score (nSPS) is 22.1. The summed E-state index contributed by atoms with van der Waals surface area (Å²) in [6, 6.07) is 0.685. The first-order valence-electron chi connectivity index (χ1n) is 10.3. The lowest BCUT2D eigenvalue weighted by Crippen LogP contribution is -2.52. The Morgan fingerprint density at radius 1 is 1.19 bits per heavy atom. The Morgan fingerprint density at radius 3 is 2.37 bits per heavy atom. The summed E-state index contributed by atoms with van der Waals surface area (Å²) in [5.41, 5.74) is 6.15. The van der Waals surface area contributed by atoms with Gasteiger partial charge in [-0.2, -0.15) is 0 Å². The molecule has 0 radical (unpaired) electrons. The minimum atomic E-state index is -0.218. The van der Waals surface area contributed by atoms with Gasteiger partial charge >= 0.3 is 6.09 Å². The quantitative estimate of drug-likeness (QED) is 0.522. The molecule has 0 spiro atoms. The van der Waals surface area contributed by atoms with Crippen molar-refractivity contribution < 1.29 is 9.53 Å². The van der Waals surface area contributed by atoms with Gasteiger partial charge in [0.25, 0.3) is 0 Å². The van der Waals surface area contributed by atoms with Crippen LogP contribution >= 0.6 is 0 Å². The van der Waals surface area contributed by atoms with Crippen LogP contribution in [0.25, 0.3) is 0 Å². The number of hydrogen-bond donors (Lipinski definition) is 2. The molecule has 0 bridgehead atoms. The molecule has 0 aromatic rings. The molecule has 0 aromatic carbocycles. The smallest absolute Gasteiger partial charge is 0.409 e. The van der Waals surface area contributed by atoms with Gasteiger partial charge in [0.1, 0.15) is 0 Å². The van der Waals surface area contributed by atoms with Gasteiger partial charge in [0, 0.05) is 51.4 Å². The minimum absolute atomic E-state index is 0.218. The van der Waals surface area contributed by atoms with Crippen LogP contribution in [0.2, 0.25) is 0 Å². The second-order valence-electron chi connectivity index (χ2n) is 7.98. The summed E-state index contributed by atoms with van der Waals surface area (Å²) in [5, 5.41) is 3.34. The number of amides is 1. The summed E-state index contributed by atoms with van der Waals surface area (Å²) in [7, 11) is 2.18. The molecule has 0 aliphatic carbocycles. The summed E-state index contributed by atoms with van der Waals surface area (Å²) >= 11 is 0. The number of hydrogen-bond acceptors (Lipinski definition) is 5. The number of likely N-dealkylation sites (N-methyl/N-ethyl adjacent to an activating group) is 1. The van der Waals surface area contributed by atoms with Gasteiger partial charge in [-0.15, -0.1) is 0 Å². The van der Waals surface area contributed by atoms with Crippen molar-refractivity contribution in [2.24, 2.45) is 16.6 Å². The Bertz CT molecular complexity index is 483. The summed E-state index contributed by atoms with van der Waals surface area (Å²) in [5.74, 6) is 1.06. The van der Waals surface area contributed by atoms with Crippen LogP contribution in [0, 0.1) is 5.92 Å². The number of nitrogens with two attached hydrogens (primary N) is 1. The van der Waals surface area contributed by atoms with Crippen LogP contribution in [-0.2, 0) is 4.74 Å². The SMILES string of the molecule is CCOC(=O)N1CCC(NC(N)=NCC(C(C)C)N2CCN(C)CC2)CC1. The van der Waals surface area contributed by atoms with E-state index in [-0.39, 0.29) is 12.1 Å². The highest BCUT2D eigenvalue weighted by molar-refractivity contribution is 5.78. The lowest BCUT2D eigenvalue weighted by atomic mass is 10.0. The molecule has 2 aliphatic heterocycles. The molecule has 2 rings (SSSR count). The molecule has 3 N–H and O–H groups in total. The summed E-state index contributed by atoms with van der Waals surface area (Å²) in [6.45, 7) is 13.3. The van der Waals surface area contributed by atoms with E-state index < -0.39 is 0 Å². The maximum Gasteiger partial charge on any atom is 0.409 e. The Labute approximate surface area is 164 Å². The van der Waals surface area contributed by atoms with Gasteiger partial charge in [0.15, 0.2) is 5.96 Å². The summed E-state index contributed by atoms with van der Waals surface area (Å²) in [4.78, 5) is 23.1. The van der Waals surface area contributed by atoms with Crippen molar-refractivity contribution in [1.29, 1.82) is 0 Å². The molecule has 156 valence electrons. The molecule has 2 saturated heterocycles. The monoisotopic (exact) mass is 382 g/mol. The van der Waals surface area contributed by atoms with E-state index in [4.69, 9.17) is 10.5 Å². The predicted octanol–water partition coefficient (Wildman–Crippen LogP) is 0.784. The number of piperidine rings is 1. The standard InChI is InChI=1S/C19H38N6O2/c1-5-27-19(26)25-8-6-16(7-9-25)22-18(20)21-14-17(15(2)3)24-12-10-23(4)11-13-24/h15-17H,5-14H2,1-4H3,(H3,20,21,22). The van der Waals surface area contributed by atoms with E-state index in [0.29, 0.717) is 37.6 Å². The Kier molecular flexibility index (Phi) is 8.63. The maximum atomic E-state index is 11.8. The fraction of sp³-hybridized carbons (Fsp3) is 0.895. The molecule has 1 amide bonds. The topological polar surface area (TPSA) is 86.4 Å². The highest BCUT2D eigenvalue weighted by Gasteiger charge is 2.26. The Morgan fingerprint density at radius 2 is 1.81 bits per heavy atom. The third kappa shape index (κ3) is 6.84. The van der Waals surface area contributed by atoms with Gasteiger partial charge in [0.05, 0.1) is 13.2 Å². The van der Waals surface area contributed by atoms with Crippen molar-refractivity contribution in [3.63, 3.8) is 0 Å². The molecule has 27 heavy (non-hydrogen) atoms. The van der Waals surface area contributed by atoms with Crippen molar-refractivity contribution in [3.8, 4) is 0 Å². The molecular weight excluding hydrogens is 344 g/mol. The van der Waals surface area contributed by atoms with Gasteiger partial charge < -0.3 is 25.6 Å². The van der Waals surface area contributed by atoms with Crippen molar-refractivity contribution in [2.45, 2.75) is 45.7 Å². The minimum Gasteiger partial charge on any atom is -0.450 e. The summed E-state index contributed by atoms with van der Waals surface area (Å²) < 4.78 is 5.06. The lowest BCUT2D eigenvalue weighted by molar-refractivity contribution is 0.0924. The Balaban J connectivity index is 1.78. The van der Waals surface area contributed by atoms with E-state index >= 15 is 0 Å². The molecule has 2 heterocycles. The van der Waals surface area contributed by atoms with E-state index in [9.17, 15) is 4.79 Å². The average Bonchev–Trinajstić information content (AvgIpc) is 2.64. The maximum absolute atomic E-state index is 11.8. The zero-order valence-corrected chi connectivity index (χ0v) is 17.5. The first-order valence-corrected chi connectivity index (χ1v) is 10.3. The zero-order valence-electron chi connectivity index (χ0n) is 17.5. The fourth-order valence-electron chi connectivity index (χ4n) is 3.77. The van der Waals surface area contributed by atoms with E-state index in [1.165, 1.54) is 0 Å². The van der Waals surface area contributed by atoms with Crippen LogP contribution < -0.4 is 11.1 Å². The van der Waals surface area contributed by atoms with E-state index in [0.717, 1.165) is 45.6 Å². The van der Waals surface area contributed by atoms with Gasteiger partial charge in [-0.05, 0) is 32.7 Å². The van der Waals surface area contributed by atoms with Crippen LogP contribution in [0.3, 0.4) is 0 Å². The zero-order chi connectivity index (χ0) is 19.8. The van der Waals surface area contributed by atoms with Crippen LogP contribution in [0.15, 0.2) is 4.99 Å². The van der Waals surface area contributed by atoms with Crippen molar-refractivity contribution >= 4 is 12.1 Å². The van der Waals surface area contributed by atoms with Crippen LogP contribution in [0.1, 0.15) is 33.6 Å². The Hall–Kier alpha value is -1.54. The van der Waals surface area contributed by atoms with Gasteiger partial charge in [-0.25, -0.2) is 4.79 Å². The molecular formula is C19H38N6O2. The third-order valence-electron chi connectivity index (χ3n) is 5.60. The molecule has 0 aromatic heterocycles. The fourth-order valence-corrected chi connectivity index (χ4v) is 3.77.